The molecule has 3 N–H and O–H groups in total. The van der Waals surface area contributed by atoms with Gasteiger partial charge in [0.1, 0.15) is 5.76 Å². The number of anilines is 1. The average Bonchev–Trinajstić information content (AvgIpc) is 3.20. The highest BCUT2D eigenvalue weighted by Gasteiger charge is 2.31. The van der Waals surface area contributed by atoms with Crippen molar-refractivity contribution in [3.05, 3.63) is 48.2 Å². The van der Waals surface area contributed by atoms with E-state index in [0.29, 0.717) is 31.7 Å². The van der Waals surface area contributed by atoms with Crippen molar-refractivity contribution in [2.45, 2.75) is 26.2 Å². The Kier molecular flexibility index (Phi) is 6.59. The summed E-state index contributed by atoms with van der Waals surface area (Å²) < 4.78 is 5.28. The monoisotopic (exact) mass is 370 g/mol. The SMILES string of the molecule is Cc1ccc(NC(=O)[C@@H]2CNC[C@H](C(=O)NCCCc3ccco3)C2)cn1. The van der Waals surface area contributed by atoms with E-state index in [1.165, 1.54) is 0 Å². The first-order valence-electron chi connectivity index (χ1n) is 9.36. The van der Waals surface area contributed by atoms with Gasteiger partial charge in [0.05, 0.1) is 30.0 Å². The molecule has 3 rings (SSSR count). The van der Waals surface area contributed by atoms with Gasteiger partial charge in [0, 0.05) is 31.7 Å². The first-order chi connectivity index (χ1) is 13.1. The number of amides is 2. The number of furan rings is 1. The molecule has 144 valence electrons. The van der Waals surface area contributed by atoms with Crippen molar-refractivity contribution < 1.29 is 14.0 Å². The maximum atomic E-state index is 12.5. The Balaban J connectivity index is 1.42. The van der Waals surface area contributed by atoms with E-state index in [2.05, 4.69) is 20.9 Å². The average molecular weight is 370 g/mol. The largest absolute Gasteiger partial charge is 0.469 e. The minimum absolute atomic E-state index is 0.00329. The molecule has 2 amide bonds. The molecular weight excluding hydrogens is 344 g/mol. The van der Waals surface area contributed by atoms with E-state index in [9.17, 15) is 9.59 Å². The van der Waals surface area contributed by atoms with Gasteiger partial charge in [-0.3, -0.25) is 14.6 Å². The molecule has 7 nitrogen and oxygen atoms in total. The van der Waals surface area contributed by atoms with Crippen molar-refractivity contribution in [3.8, 4) is 0 Å². The van der Waals surface area contributed by atoms with E-state index in [1.807, 2.05) is 31.2 Å². The summed E-state index contributed by atoms with van der Waals surface area (Å²) in [6, 6.07) is 7.48. The molecule has 3 heterocycles. The predicted molar refractivity (Wildman–Crippen MR) is 102 cm³/mol. The van der Waals surface area contributed by atoms with Gasteiger partial charge in [0.25, 0.3) is 0 Å². The number of aromatic nitrogens is 1. The summed E-state index contributed by atoms with van der Waals surface area (Å²) in [5.74, 6) is 0.402. The fourth-order valence-electron chi connectivity index (χ4n) is 3.20. The second-order valence-electron chi connectivity index (χ2n) is 6.94. The van der Waals surface area contributed by atoms with Crippen LogP contribution in [0, 0.1) is 18.8 Å². The summed E-state index contributed by atoms with van der Waals surface area (Å²) >= 11 is 0. The van der Waals surface area contributed by atoms with Crippen molar-refractivity contribution in [1.82, 2.24) is 15.6 Å². The fourth-order valence-corrected chi connectivity index (χ4v) is 3.20. The van der Waals surface area contributed by atoms with Crippen LogP contribution in [0.3, 0.4) is 0 Å². The molecule has 2 aromatic rings. The number of carbonyl (C=O) groups is 2. The third-order valence-corrected chi connectivity index (χ3v) is 4.75. The number of hydrogen-bond donors (Lipinski definition) is 3. The van der Waals surface area contributed by atoms with Crippen molar-refractivity contribution >= 4 is 17.5 Å². The van der Waals surface area contributed by atoms with Gasteiger partial charge in [0.2, 0.25) is 11.8 Å². The van der Waals surface area contributed by atoms with Crippen LogP contribution in [0.25, 0.3) is 0 Å². The molecular formula is C20H26N4O3. The number of pyridine rings is 1. The summed E-state index contributed by atoms with van der Waals surface area (Å²) in [5, 5.41) is 9.05. The van der Waals surface area contributed by atoms with Crippen molar-refractivity contribution in [3.63, 3.8) is 0 Å². The van der Waals surface area contributed by atoms with Crippen LogP contribution < -0.4 is 16.0 Å². The van der Waals surface area contributed by atoms with Crippen LogP contribution in [0.1, 0.15) is 24.3 Å². The van der Waals surface area contributed by atoms with Crippen molar-refractivity contribution in [2.24, 2.45) is 11.8 Å². The second-order valence-corrected chi connectivity index (χ2v) is 6.94. The zero-order valence-corrected chi connectivity index (χ0v) is 15.5. The maximum absolute atomic E-state index is 12.5. The lowest BCUT2D eigenvalue weighted by Crippen LogP contribution is -2.47. The Morgan fingerprint density at radius 3 is 2.74 bits per heavy atom. The van der Waals surface area contributed by atoms with Crippen LogP contribution >= 0.6 is 0 Å². The van der Waals surface area contributed by atoms with Gasteiger partial charge in [-0.25, -0.2) is 0 Å². The topological polar surface area (TPSA) is 96.3 Å². The molecule has 7 heteroatoms. The normalized spacial score (nSPS) is 19.4. The van der Waals surface area contributed by atoms with E-state index in [4.69, 9.17) is 4.42 Å². The van der Waals surface area contributed by atoms with E-state index in [0.717, 1.165) is 24.3 Å². The van der Waals surface area contributed by atoms with Gasteiger partial charge < -0.3 is 20.4 Å². The first kappa shape index (κ1) is 19.1. The number of hydrogen-bond acceptors (Lipinski definition) is 5. The van der Waals surface area contributed by atoms with Crippen LogP contribution in [0.2, 0.25) is 0 Å². The van der Waals surface area contributed by atoms with Gasteiger partial charge >= 0.3 is 0 Å². The lowest BCUT2D eigenvalue weighted by molar-refractivity contribution is -0.127. The highest BCUT2D eigenvalue weighted by atomic mass is 16.3. The zero-order valence-electron chi connectivity index (χ0n) is 15.5. The molecule has 27 heavy (non-hydrogen) atoms. The molecule has 1 aliphatic rings. The number of carbonyl (C=O) groups excluding carboxylic acids is 2. The highest BCUT2D eigenvalue weighted by molar-refractivity contribution is 5.93. The molecule has 0 aliphatic carbocycles. The zero-order chi connectivity index (χ0) is 19.1. The van der Waals surface area contributed by atoms with E-state index in [1.54, 1.807) is 12.5 Å². The lowest BCUT2D eigenvalue weighted by Gasteiger charge is -2.28. The summed E-state index contributed by atoms with van der Waals surface area (Å²) in [7, 11) is 0. The third kappa shape index (κ3) is 5.65. The quantitative estimate of drug-likeness (QED) is 0.647. The number of nitrogens with one attached hydrogen (secondary N) is 3. The first-order valence-corrected chi connectivity index (χ1v) is 9.36. The van der Waals surface area contributed by atoms with Gasteiger partial charge in [-0.1, -0.05) is 0 Å². The summed E-state index contributed by atoms with van der Waals surface area (Å²) in [6.07, 6.45) is 5.46. The smallest absolute Gasteiger partial charge is 0.228 e. The van der Waals surface area contributed by atoms with Crippen LogP contribution in [0.15, 0.2) is 41.1 Å². The molecule has 2 aromatic heterocycles. The molecule has 1 fully saturated rings. The predicted octanol–water partition coefficient (Wildman–Crippen LogP) is 1.90. The molecule has 2 atom stereocenters. The second kappa shape index (κ2) is 9.32. The van der Waals surface area contributed by atoms with Gasteiger partial charge in [-0.2, -0.15) is 0 Å². The van der Waals surface area contributed by atoms with Crippen LogP contribution in [0.4, 0.5) is 5.69 Å². The Hall–Kier alpha value is -2.67. The van der Waals surface area contributed by atoms with Gasteiger partial charge in [-0.05, 0) is 44.0 Å². The number of aryl methyl sites for hydroxylation is 2. The summed E-state index contributed by atoms with van der Waals surface area (Å²) in [6.45, 7) is 3.67. The molecule has 0 saturated carbocycles. The Morgan fingerprint density at radius 1 is 1.22 bits per heavy atom. The highest BCUT2D eigenvalue weighted by Crippen LogP contribution is 2.19. The van der Waals surface area contributed by atoms with Gasteiger partial charge in [0.15, 0.2) is 0 Å². The third-order valence-electron chi connectivity index (χ3n) is 4.75. The molecule has 0 radical (unpaired) electrons. The minimum Gasteiger partial charge on any atom is -0.469 e. The van der Waals surface area contributed by atoms with Crippen LogP contribution in [-0.2, 0) is 16.0 Å². The standard InChI is InChI=1S/C20H26N4O3/c1-14-6-7-17(13-23-14)24-20(26)16-10-15(11-21-12-16)19(25)22-8-2-4-18-5-3-9-27-18/h3,5-7,9,13,15-16,21H,2,4,8,10-12H2,1H3,(H,22,25)(H,24,26)/t15-,16+/m1/s1. The lowest BCUT2D eigenvalue weighted by atomic mass is 9.89. The fraction of sp³-hybridized carbons (Fsp3) is 0.450. The van der Waals surface area contributed by atoms with E-state index in [-0.39, 0.29) is 23.7 Å². The number of rotatable bonds is 7. The molecule has 1 aliphatic heterocycles. The number of nitrogens with zero attached hydrogens (tertiary/aromatic N) is 1. The molecule has 1 saturated heterocycles. The minimum atomic E-state index is -0.237. The van der Waals surface area contributed by atoms with Crippen LogP contribution in [0.5, 0.6) is 0 Å². The molecule has 0 aromatic carbocycles. The molecule has 0 unspecified atom stereocenters. The number of piperidine rings is 1. The van der Waals surface area contributed by atoms with Crippen molar-refractivity contribution in [2.75, 3.05) is 25.0 Å². The van der Waals surface area contributed by atoms with Crippen molar-refractivity contribution in [1.29, 1.82) is 0 Å². The Labute approximate surface area is 158 Å². The van der Waals surface area contributed by atoms with Crippen LogP contribution in [-0.4, -0.2) is 36.4 Å². The Morgan fingerprint density at radius 2 is 2.04 bits per heavy atom. The maximum Gasteiger partial charge on any atom is 0.228 e. The Bertz CT molecular complexity index is 743. The van der Waals surface area contributed by atoms with E-state index >= 15 is 0 Å². The van der Waals surface area contributed by atoms with Gasteiger partial charge in [-0.15, -0.1) is 0 Å². The molecule has 0 bridgehead atoms. The summed E-state index contributed by atoms with van der Waals surface area (Å²) in [4.78, 5) is 29.1. The van der Waals surface area contributed by atoms with E-state index < -0.39 is 0 Å². The molecule has 0 spiro atoms. The summed E-state index contributed by atoms with van der Waals surface area (Å²) in [5.41, 5.74) is 1.58.